The SMILES string of the molecule is CC1CCc2nc(CC(=O)c3ccc(F)cc3F)[nH]c2C1. The molecule has 0 fully saturated rings. The molecule has 0 radical (unpaired) electrons. The van der Waals surface area contributed by atoms with E-state index in [2.05, 4.69) is 16.9 Å². The van der Waals surface area contributed by atoms with Crippen molar-refractivity contribution in [1.82, 2.24) is 9.97 Å². The summed E-state index contributed by atoms with van der Waals surface area (Å²) in [6.07, 6.45) is 2.94. The number of aromatic amines is 1. The lowest BCUT2D eigenvalue weighted by atomic mass is 9.92. The number of H-pyrrole nitrogens is 1. The van der Waals surface area contributed by atoms with Gasteiger partial charge in [-0.25, -0.2) is 13.8 Å². The molecule has 21 heavy (non-hydrogen) atoms. The van der Waals surface area contributed by atoms with E-state index < -0.39 is 17.4 Å². The molecule has 1 atom stereocenters. The number of aryl methyl sites for hydroxylation is 1. The molecule has 0 saturated carbocycles. The van der Waals surface area contributed by atoms with Gasteiger partial charge in [0.2, 0.25) is 0 Å². The molecular formula is C16H16F2N2O. The van der Waals surface area contributed by atoms with E-state index in [0.717, 1.165) is 42.8 Å². The Balaban J connectivity index is 1.79. The summed E-state index contributed by atoms with van der Waals surface area (Å²) in [4.78, 5) is 19.7. The molecule has 1 N–H and O–H groups in total. The van der Waals surface area contributed by atoms with Crippen molar-refractivity contribution in [2.24, 2.45) is 5.92 Å². The Hall–Kier alpha value is -2.04. The van der Waals surface area contributed by atoms with Crippen LogP contribution in [0.3, 0.4) is 0 Å². The van der Waals surface area contributed by atoms with Gasteiger partial charge < -0.3 is 4.98 Å². The Morgan fingerprint density at radius 2 is 2.24 bits per heavy atom. The van der Waals surface area contributed by atoms with E-state index in [9.17, 15) is 13.6 Å². The van der Waals surface area contributed by atoms with Crippen molar-refractivity contribution in [2.45, 2.75) is 32.6 Å². The van der Waals surface area contributed by atoms with Crippen LogP contribution in [0.15, 0.2) is 18.2 Å². The van der Waals surface area contributed by atoms with Crippen LogP contribution >= 0.6 is 0 Å². The summed E-state index contributed by atoms with van der Waals surface area (Å²) in [5.41, 5.74) is 1.99. The highest BCUT2D eigenvalue weighted by Crippen LogP contribution is 2.23. The monoisotopic (exact) mass is 290 g/mol. The molecule has 110 valence electrons. The summed E-state index contributed by atoms with van der Waals surface area (Å²) in [7, 11) is 0. The molecule has 1 unspecified atom stereocenters. The van der Waals surface area contributed by atoms with Gasteiger partial charge in [-0.3, -0.25) is 4.79 Å². The fourth-order valence-corrected chi connectivity index (χ4v) is 2.76. The van der Waals surface area contributed by atoms with Gasteiger partial charge in [0.05, 0.1) is 17.7 Å². The number of rotatable bonds is 3. The molecule has 3 rings (SSSR count). The van der Waals surface area contributed by atoms with E-state index in [-0.39, 0.29) is 12.0 Å². The predicted molar refractivity (Wildman–Crippen MR) is 74.2 cm³/mol. The zero-order chi connectivity index (χ0) is 15.0. The molecule has 1 aromatic carbocycles. The third kappa shape index (κ3) is 2.86. The zero-order valence-corrected chi connectivity index (χ0v) is 11.7. The van der Waals surface area contributed by atoms with Crippen LogP contribution in [0.25, 0.3) is 0 Å². The third-order valence-electron chi connectivity index (χ3n) is 3.90. The van der Waals surface area contributed by atoms with Crippen LogP contribution < -0.4 is 0 Å². The van der Waals surface area contributed by atoms with Crippen molar-refractivity contribution in [3.05, 3.63) is 52.6 Å². The lowest BCUT2D eigenvalue weighted by molar-refractivity contribution is 0.0987. The summed E-state index contributed by atoms with van der Waals surface area (Å²) in [6, 6.07) is 2.99. The minimum Gasteiger partial charge on any atom is -0.345 e. The smallest absolute Gasteiger partial charge is 0.173 e. The largest absolute Gasteiger partial charge is 0.345 e. The zero-order valence-electron chi connectivity index (χ0n) is 11.7. The maximum Gasteiger partial charge on any atom is 0.173 e. The molecule has 1 aliphatic rings. The molecule has 5 heteroatoms. The minimum absolute atomic E-state index is 0.00390. The molecule has 2 aromatic rings. The molecule has 0 aliphatic heterocycles. The van der Waals surface area contributed by atoms with Crippen LogP contribution in [0.4, 0.5) is 8.78 Å². The second-order valence-electron chi connectivity index (χ2n) is 5.68. The second-order valence-corrected chi connectivity index (χ2v) is 5.68. The summed E-state index contributed by atoms with van der Waals surface area (Å²) >= 11 is 0. The van der Waals surface area contributed by atoms with Gasteiger partial charge in [-0.15, -0.1) is 0 Å². The first-order valence-corrected chi connectivity index (χ1v) is 7.08. The number of fused-ring (bicyclic) bond motifs is 1. The lowest BCUT2D eigenvalue weighted by Crippen LogP contribution is -2.10. The number of imidazole rings is 1. The number of aromatic nitrogens is 2. The topological polar surface area (TPSA) is 45.8 Å². The normalized spacial score (nSPS) is 17.6. The van der Waals surface area contributed by atoms with Gasteiger partial charge in [-0.2, -0.15) is 0 Å². The van der Waals surface area contributed by atoms with E-state index >= 15 is 0 Å². The number of Topliss-reactive ketones (excluding diaryl/α,β-unsaturated/α-hetero) is 1. The number of carbonyl (C=O) groups excluding carboxylic acids is 1. The average molecular weight is 290 g/mol. The molecule has 0 spiro atoms. The van der Waals surface area contributed by atoms with Gasteiger partial charge >= 0.3 is 0 Å². The highest BCUT2D eigenvalue weighted by molar-refractivity contribution is 5.97. The summed E-state index contributed by atoms with van der Waals surface area (Å²) < 4.78 is 26.4. The van der Waals surface area contributed by atoms with Crippen LogP contribution in [0.1, 0.15) is 40.9 Å². The van der Waals surface area contributed by atoms with Crippen molar-refractivity contribution >= 4 is 5.78 Å². The molecule has 0 amide bonds. The van der Waals surface area contributed by atoms with E-state index in [0.29, 0.717) is 11.7 Å². The molecule has 1 aliphatic carbocycles. The van der Waals surface area contributed by atoms with Gasteiger partial charge in [0.15, 0.2) is 5.78 Å². The van der Waals surface area contributed by atoms with Crippen LogP contribution in [-0.2, 0) is 19.3 Å². The van der Waals surface area contributed by atoms with E-state index in [4.69, 9.17) is 0 Å². The first-order chi connectivity index (χ1) is 10.0. The van der Waals surface area contributed by atoms with Crippen molar-refractivity contribution in [3.8, 4) is 0 Å². The number of hydrogen-bond donors (Lipinski definition) is 1. The fraction of sp³-hybridized carbons (Fsp3) is 0.375. The molecule has 1 aromatic heterocycles. The van der Waals surface area contributed by atoms with Crippen molar-refractivity contribution in [3.63, 3.8) is 0 Å². The Labute approximate surface area is 121 Å². The van der Waals surface area contributed by atoms with E-state index in [1.165, 1.54) is 6.07 Å². The van der Waals surface area contributed by atoms with Gasteiger partial charge in [-0.05, 0) is 37.3 Å². The minimum atomic E-state index is -0.829. The number of nitrogens with one attached hydrogen (secondary N) is 1. The number of halogens is 2. The highest BCUT2D eigenvalue weighted by atomic mass is 19.1. The molecule has 0 bridgehead atoms. The standard InChI is InChI=1S/C16H16F2N2O/c1-9-2-5-13-14(6-9)20-16(19-13)8-15(21)11-4-3-10(17)7-12(11)18/h3-4,7,9H,2,5-6,8H2,1H3,(H,19,20). The van der Waals surface area contributed by atoms with E-state index in [1.807, 2.05) is 0 Å². The van der Waals surface area contributed by atoms with Gasteiger partial charge in [0.25, 0.3) is 0 Å². The second kappa shape index (κ2) is 5.39. The Bertz CT molecular complexity index is 694. The van der Waals surface area contributed by atoms with Crippen LogP contribution in [0.5, 0.6) is 0 Å². The summed E-state index contributed by atoms with van der Waals surface area (Å²) in [5, 5.41) is 0. The molecular weight excluding hydrogens is 274 g/mol. The Morgan fingerprint density at radius 3 is 3.00 bits per heavy atom. The van der Waals surface area contributed by atoms with Crippen LogP contribution in [-0.4, -0.2) is 15.8 Å². The number of carbonyl (C=O) groups is 1. The maximum absolute atomic E-state index is 13.6. The number of hydrogen-bond acceptors (Lipinski definition) is 2. The predicted octanol–water partition coefficient (Wildman–Crippen LogP) is 3.24. The lowest BCUT2D eigenvalue weighted by Gasteiger charge is -2.15. The summed E-state index contributed by atoms with van der Waals surface area (Å²) in [5.74, 6) is -0.748. The van der Waals surface area contributed by atoms with Gasteiger partial charge in [0.1, 0.15) is 17.5 Å². The average Bonchev–Trinajstić information content (AvgIpc) is 2.79. The van der Waals surface area contributed by atoms with E-state index in [1.54, 1.807) is 0 Å². The Kier molecular flexibility index (Phi) is 3.57. The first kappa shape index (κ1) is 13.9. The first-order valence-electron chi connectivity index (χ1n) is 7.08. The third-order valence-corrected chi connectivity index (χ3v) is 3.90. The fourth-order valence-electron chi connectivity index (χ4n) is 2.76. The van der Waals surface area contributed by atoms with Gasteiger partial charge in [0, 0.05) is 11.8 Å². The molecule has 0 saturated heterocycles. The highest BCUT2D eigenvalue weighted by Gasteiger charge is 2.21. The van der Waals surface area contributed by atoms with Crippen molar-refractivity contribution in [1.29, 1.82) is 0 Å². The van der Waals surface area contributed by atoms with Crippen LogP contribution in [0, 0.1) is 17.6 Å². The number of nitrogens with zero attached hydrogens (tertiary/aromatic N) is 1. The number of ketones is 1. The molecule has 3 nitrogen and oxygen atoms in total. The van der Waals surface area contributed by atoms with Crippen LogP contribution in [0.2, 0.25) is 0 Å². The van der Waals surface area contributed by atoms with Gasteiger partial charge in [-0.1, -0.05) is 6.92 Å². The number of benzene rings is 1. The van der Waals surface area contributed by atoms with Crippen molar-refractivity contribution < 1.29 is 13.6 Å². The Morgan fingerprint density at radius 1 is 1.43 bits per heavy atom. The quantitative estimate of drug-likeness (QED) is 0.882. The van der Waals surface area contributed by atoms with Crippen molar-refractivity contribution in [2.75, 3.05) is 0 Å². The molecule has 1 heterocycles. The summed E-state index contributed by atoms with van der Waals surface area (Å²) in [6.45, 7) is 2.18. The maximum atomic E-state index is 13.6.